The van der Waals surface area contributed by atoms with Crippen LogP contribution in [0.2, 0.25) is 5.02 Å². The van der Waals surface area contributed by atoms with E-state index in [1.165, 1.54) is 0 Å². The number of halogens is 1. The molecule has 0 fully saturated rings. The van der Waals surface area contributed by atoms with Crippen LogP contribution in [0, 0.1) is 6.92 Å². The summed E-state index contributed by atoms with van der Waals surface area (Å²) in [6.07, 6.45) is 1.06. The highest BCUT2D eigenvalue weighted by atomic mass is 35.5. The molecule has 1 amide bonds. The second-order valence-corrected chi connectivity index (χ2v) is 8.63. The molecule has 0 aliphatic carbocycles. The third-order valence-corrected chi connectivity index (χ3v) is 5.18. The fourth-order valence-corrected chi connectivity index (χ4v) is 3.42. The van der Waals surface area contributed by atoms with Crippen molar-refractivity contribution in [3.8, 4) is 5.75 Å². The Balaban J connectivity index is 1.97. The second kappa shape index (κ2) is 9.10. The van der Waals surface area contributed by atoms with Crippen LogP contribution in [0.15, 0.2) is 48.5 Å². The summed E-state index contributed by atoms with van der Waals surface area (Å²) in [5.74, 6) is 0.328. The molecule has 0 bridgehead atoms. The summed E-state index contributed by atoms with van der Waals surface area (Å²) in [4.78, 5) is 12.3. The standard InChI is InChI=1S/C19H23ClN2O4S/c1-14-6-4-5-7-18(14)26-13-15(2)21-19(23)12-22(27(3,24)25)17-10-8-16(20)9-11-17/h4-11,15H,12-13H2,1-3H3,(H,21,23)/t15-/m0/s1. The van der Waals surface area contributed by atoms with Gasteiger partial charge in [0.25, 0.3) is 0 Å². The summed E-state index contributed by atoms with van der Waals surface area (Å²) < 4.78 is 30.9. The lowest BCUT2D eigenvalue weighted by molar-refractivity contribution is -0.120. The number of benzene rings is 2. The van der Waals surface area contributed by atoms with E-state index < -0.39 is 15.9 Å². The first kappa shape index (κ1) is 21.1. The van der Waals surface area contributed by atoms with E-state index in [-0.39, 0.29) is 19.2 Å². The van der Waals surface area contributed by atoms with Crippen molar-refractivity contribution in [2.75, 3.05) is 23.7 Å². The van der Waals surface area contributed by atoms with E-state index in [1.54, 1.807) is 31.2 Å². The molecule has 1 atom stereocenters. The normalized spacial score (nSPS) is 12.3. The summed E-state index contributed by atoms with van der Waals surface area (Å²) in [5.41, 5.74) is 1.38. The number of hydrogen-bond acceptors (Lipinski definition) is 4. The molecule has 0 saturated heterocycles. The molecule has 0 spiro atoms. The van der Waals surface area contributed by atoms with Gasteiger partial charge in [-0.15, -0.1) is 0 Å². The third kappa shape index (κ3) is 6.45. The van der Waals surface area contributed by atoms with Gasteiger partial charge >= 0.3 is 0 Å². The van der Waals surface area contributed by atoms with Crippen molar-refractivity contribution in [3.63, 3.8) is 0 Å². The Bertz CT molecular complexity index is 885. The Morgan fingerprint density at radius 1 is 1.19 bits per heavy atom. The SMILES string of the molecule is Cc1ccccc1OC[C@H](C)NC(=O)CN(c1ccc(Cl)cc1)S(C)(=O)=O. The molecule has 0 saturated carbocycles. The van der Waals surface area contributed by atoms with Crippen molar-refractivity contribution in [1.29, 1.82) is 0 Å². The quantitative estimate of drug-likeness (QED) is 0.725. The zero-order valence-electron chi connectivity index (χ0n) is 15.5. The minimum absolute atomic E-state index is 0.274. The van der Waals surface area contributed by atoms with Crippen molar-refractivity contribution >= 4 is 33.2 Å². The van der Waals surface area contributed by atoms with E-state index in [4.69, 9.17) is 16.3 Å². The number of sulfonamides is 1. The number of amides is 1. The lowest BCUT2D eigenvalue weighted by atomic mass is 10.2. The molecule has 0 aromatic heterocycles. The summed E-state index contributed by atoms with van der Waals surface area (Å²) in [5, 5.41) is 3.24. The number of carbonyl (C=O) groups is 1. The highest BCUT2D eigenvalue weighted by Crippen LogP contribution is 2.20. The van der Waals surface area contributed by atoms with Gasteiger partial charge in [-0.05, 0) is 49.7 Å². The molecule has 2 rings (SSSR count). The van der Waals surface area contributed by atoms with Crippen molar-refractivity contribution in [2.24, 2.45) is 0 Å². The van der Waals surface area contributed by atoms with Crippen molar-refractivity contribution < 1.29 is 17.9 Å². The van der Waals surface area contributed by atoms with Crippen molar-refractivity contribution in [2.45, 2.75) is 19.9 Å². The Morgan fingerprint density at radius 2 is 1.81 bits per heavy atom. The van der Waals surface area contributed by atoms with E-state index in [2.05, 4.69) is 5.32 Å². The molecule has 0 aliphatic rings. The maximum Gasteiger partial charge on any atom is 0.241 e. The highest BCUT2D eigenvalue weighted by Gasteiger charge is 2.21. The van der Waals surface area contributed by atoms with Crippen LogP contribution in [-0.4, -0.2) is 39.8 Å². The highest BCUT2D eigenvalue weighted by molar-refractivity contribution is 7.92. The smallest absolute Gasteiger partial charge is 0.241 e. The monoisotopic (exact) mass is 410 g/mol. The van der Waals surface area contributed by atoms with Crippen LogP contribution in [0.4, 0.5) is 5.69 Å². The fourth-order valence-electron chi connectivity index (χ4n) is 2.43. The maximum atomic E-state index is 12.3. The average Bonchev–Trinajstić information content (AvgIpc) is 2.59. The molecule has 6 nitrogen and oxygen atoms in total. The van der Waals surface area contributed by atoms with Gasteiger partial charge in [0.2, 0.25) is 15.9 Å². The predicted molar refractivity (Wildman–Crippen MR) is 108 cm³/mol. The van der Waals surface area contributed by atoms with Crippen LogP contribution < -0.4 is 14.4 Å². The van der Waals surface area contributed by atoms with Crippen LogP contribution in [0.1, 0.15) is 12.5 Å². The molecule has 146 valence electrons. The van der Waals surface area contributed by atoms with E-state index in [9.17, 15) is 13.2 Å². The number of aryl methyl sites for hydroxylation is 1. The maximum absolute atomic E-state index is 12.3. The topological polar surface area (TPSA) is 75.7 Å². The largest absolute Gasteiger partial charge is 0.491 e. The molecule has 8 heteroatoms. The summed E-state index contributed by atoms with van der Waals surface area (Å²) >= 11 is 5.84. The van der Waals surface area contributed by atoms with E-state index >= 15 is 0 Å². The van der Waals surface area contributed by atoms with Gasteiger partial charge in [0.05, 0.1) is 18.0 Å². The molecule has 27 heavy (non-hydrogen) atoms. The van der Waals surface area contributed by atoms with Gasteiger partial charge < -0.3 is 10.1 Å². The lowest BCUT2D eigenvalue weighted by Gasteiger charge is -2.23. The molecule has 0 aliphatic heterocycles. The van der Waals surface area contributed by atoms with Crippen LogP contribution in [0.25, 0.3) is 0 Å². The van der Waals surface area contributed by atoms with Crippen molar-refractivity contribution in [1.82, 2.24) is 5.32 Å². The van der Waals surface area contributed by atoms with Crippen LogP contribution in [0.5, 0.6) is 5.75 Å². The number of carbonyl (C=O) groups excluding carboxylic acids is 1. The Kier molecular flexibility index (Phi) is 7.10. The van der Waals surface area contributed by atoms with Gasteiger partial charge in [-0.1, -0.05) is 29.8 Å². The lowest BCUT2D eigenvalue weighted by Crippen LogP contribution is -2.44. The predicted octanol–water partition coefficient (Wildman–Crippen LogP) is 3.00. The summed E-state index contributed by atoms with van der Waals surface area (Å²) in [7, 11) is -3.62. The Morgan fingerprint density at radius 3 is 2.41 bits per heavy atom. The Labute approximate surface area is 165 Å². The Hall–Kier alpha value is -2.25. The molecular formula is C19H23ClN2O4S. The van der Waals surface area contributed by atoms with Crippen molar-refractivity contribution in [3.05, 3.63) is 59.1 Å². The third-order valence-electron chi connectivity index (χ3n) is 3.79. The van der Waals surface area contributed by atoms with Crippen LogP contribution in [-0.2, 0) is 14.8 Å². The molecule has 2 aromatic carbocycles. The second-order valence-electron chi connectivity index (χ2n) is 6.29. The molecule has 0 radical (unpaired) electrons. The first-order valence-electron chi connectivity index (χ1n) is 8.38. The number of para-hydroxylation sites is 1. The van der Waals surface area contributed by atoms with E-state index in [0.29, 0.717) is 10.7 Å². The van der Waals surface area contributed by atoms with Gasteiger partial charge in [-0.2, -0.15) is 0 Å². The number of anilines is 1. The number of nitrogens with zero attached hydrogens (tertiary/aromatic N) is 1. The van der Waals surface area contributed by atoms with Gasteiger partial charge in [0, 0.05) is 5.02 Å². The minimum atomic E-state index is -3.62. The zero-order valence-corrected chi connectivity index (χ0v) is 17.0. The molecule has 1 N–H and O–H groups in total. The number of rotatable bonds is 8. The average molecular weight is 411 g/mol. The van der Waals surface area contributed by atoms with Crippen LogP contribution >= 0.6 is 11.6 Å². The van der Waals surface area contributed by atoms with E-state index in [0.717, 1.165) is 21.9 Å². The first-order chi connectivity index (χ1) is 12.7. The van der Waals surface area contributed by atoms with Gasteiger partial charge in [-0.25, -0.2) is 8.42 Å². The number of hydrogen-bond donors (Lipinski definition) is 1. The van der Waals surface area contributed by atoms with E-state index in [1.807, 2.05) is 31.2 Å². The van der Waals surface area contributed by atoms with Crippen LogP contribution in [0.3, 0.4) is 0 Å². The molecule has 0 unspecified atom stereocenters. The molecular weight excluding hydrogens is 388 g/mol. The summed E-state index contributed by atoms with van der Waals surface area (Å²) in [6, 6.07) is 13.6. The number of nitrogens with one attached hydrogen (secondary N) is 1. The molecule has 0 heterocycles. The fraction of sp³-hybridized carbons (Fsp3) is 0.316. The minimum Gasteiger partial charge on any atom is -0.491 e. The van der Waals surface area contributed by atoms with Gasteiger partial charge in [0.1, 0.15) is 18.9 Å². The molecule has 2 aromatic rings. The number of ether oxygens (including phenoxy) is 1. The first-order valence-corrected chi connectivity index (χ1v) is 10.6. The van der Waals surface area contributed by atoms with Gasteiger partial charge in [-0.3, -0.25) is 9.10 Å². The zero-order chi connectivity index (χ0) is 20.0. The summed E-state index contributed by atoms with van der Waals surface area (Å²) in [6.45, 7) is 3.68. The van der Waals surface area contributed by atoms with Gasteiger partial charge in [0.15, 0.2) is 0 Å².